The highest BCUT2D eigenvalue weighted by atomic mass is 35.5. The lowest BCUT2D eigenvalue weighted by atomic mass is 9.56. The highest BCUT2D eigenvalue weighted by molar-refractivity contribution is 6.33. The van der Waals surface area contributed by atoms with Crippen molar-refractivity contribution in [3.63, 3.8) is 0 Å². The van der Waals surface area contributed by atoms with Gasteiger partial charge in [0, 0.05) is 25.6 Å². The number of nitrogens with zero attached hydrogens (tertiary/aromatic N) is 6. The summed E-state index contributed by atoms with van der Waals surface area (Å²) in [4.78, 5) is 64.9. The predicted molar refractivity (Wildman–Crippen MR) is 192 cm³/mol. The summed E-state index contributed by atoms with van der Waals surface area (Å²) in [5.41, 5.74) is -1.92. The van der Waals surface area contributed by atoms with Gasteiger partial charge in [-0.25, -0.2) is 9.97 Å². The summed E-state index contributed by atoms with van der Waals surface area (Å²) >= 11 is 12.5. The normalized spacial score (nSPS) is 24.8. The molecule has 0 bridgehead atoms. The van der Waals surface area contributed by atoms with E-state index in [0.29, 0.717) is 38.5 Å². The number of carbonyl (C=O) groups is 4. The molecule has 2 aromatic carbocycles. The number of phenols is 1. The number of hydrazine groups is 2. The highest BCUT2D eigenvalue weighted by Crippen LogP contribution is 2.60. The van der Waals surface area contributed by atoms with E-state index in [1.165, 1.54) is 13.1 Å². The van der Waals surface area contributed by atoms with Gasteiger partial charge >= 0.3 is 12.4 Å². The molecule has 2 aliphatic carbocycles. The van der Waals surface area contributed by atoms with E-state index in [1.54, 1.807) is 36.4 Å². The number of hydrogen-bond acceptors (Lipinski definition) is 9. The van der Waals surface area contributed by atoms with Crippen molar-refractivity contribution in [1.29, 1.82) is 0 Å². The monoisotopic (exact) mass is 832 g/mol. The summed E-state index contributed by atoms with van der Waals surface area (Å²) in [5, 5.41) is 15.2. The van der Waals surface area contributed by atoms with E-state index < -0.39 is 94.5 Å². The molecule has 6 atom stereocenters. The van der Waals surface area contributed by atoms with Gasteiger partial charge in [-0.2, -0.15) is 36.4 Å². The van der Waals surface area contributed by atoms with Crippen LogP contribution in [0.1, 0.15) is 35.7 Å². The summed E-state index contributed by atoms with van der Waals surface area (Å²) in [6.45, 7) is 0. The van der Waals surface area contributed by atoms with Crippen LogP contribution in [0.5, 0.6) is 5.75 Å². The molecule has 4 amide bonds. The molecule has 11 nitrogen and oxygen atoms in total. The summed E-state index contributed by atoms with van der Waals surface area (Å²) in [6, 6.07) is 13.2. The molecule has 4 aliphatic rings. The van der Waals surface area contributed by atoms with E-state index in [1.807, 2.05) is 0 Å². The quantitative estimate of drug-likeness (QED) is 0.124. The van der Waals surface area contributed by atoms with Crippen molar-refractivity contribution in [2.75, 3.05) is 24.1 Å². The van der Waals surface area contributed by atoms with Crippen LogP contribution in [0.3, 0.4) is 0 Å². The number of alkyl halides is 6. The van der Waals surface area contributed by atoms with Crippen molar-refractivity contribution in [3.05, 3.63) is 99.3 Å². The molecule has 2 saturated heterocycles. The highest BCUT2D eigenvalue weighted by Gasteiger charge is 2.64. The Morgan fingerprint density at radius 3 is 1.77 bits per heavy atom. The number of fused-ring (bicyclic) bond motifs is 5. The molecule has 0 spiro atoms. The fourth-order valence-electron chi connectivity index (χ4n) is 8.90. The van der Waals surface area contributed by atoms with Crippen LogP contribution in [-0.4, -0.2) is 62.8 Å². The van der Waals surface area contributed by atoms with Gasteiger partial charge in [-0.15, -0.1) is 0 Å². The van der Waals surface area contributed by atoms with E-state index >= 15 is 0 Å². The Morgan fingerprint density at radius 1 is 0.684 bits per heavy atom. The zero-order chi connectivity index (χ0) is 41.0. The van der Waals surface area contributed by atoms with Crippen molar-refractivity contribution >= 4 is 69.2 Å². The van der Waals surface area contributed by atoms with Gasteiger partial charge < -0.3 is 5.11 Å². The second-order valence-corrected chi connectivity index (χ2v) is 15.1. The largest absolute Gasteiger partial charge is 0.508 e. The van der Waals surface area contributed by atoms with E-state index in [4.69, 9.17) is 23.2 Å². The zero-order valence-electron chi connectivity index (χ0n) is 29.5. The topological polar surface area (TPSA) is 127 Å². The Morgan fingerprint density at radius 2 is 1.21 bits per heavy atom. The third-order valence-corrected chi connectivity index (χ3v) is 11.9. The molecule has 4 heterocycles. The molecule has 2 aromatic heterocycles. The average Bonchev–Trinajstić information content (AvgIpc) is 3.56. The predicted octanol–water partition coefficient (Wildman–Crippen LogP) is 7.42. The Balaban J connectivity index is 1.24. The number of aromatic hydroxyl groups is 1. The lowest BCUT2D eigenvalue weighted by Crippen LogP contribution is -2.46. The van der Waals surface area contributed by atoms with Crippen molar-refractivity contribution in [2.24, 2.45) is 29.6 Å². The summed E-state index contributed by atoms with van der Waals surface area (Å²) in [7, 11) is 2.33. The standard InChI is InChI=1S/C38H28Cl2F6N6O5/c1-49(31-22(39)10-13-25(47-31)37(41,42)43)51-33(54)19-9-8-18-20(27(19)35(51)56)15-21-30(29(18)28-17-6-4-3-5-16(17)7-12-24(28)53)36(57)52(34(21)55)50(2)32-23(40)11-14-26(48-32)38(44,45)46/h3-8,10-14,19-21,27,29-30,53H,9,15H2,1-2H3/t19-,20+,21+,27-,29+,30+/m0/s1. The van der Waals surface area contributed by atoms with Crippen molar-refractivity contribution in [1.82, 2.24) is 20.0 Å². The number of imide groups is 2. The first-order chi connectivity index (χ1) is 26.8. The van der Waals surface area contributed by atoms with Crippen LogP contribution in [0.2, 0.25) is 10.0 Å². The first kappa shape index (κ1) is 38.5. The Bertz CT molecular complexity index is 2450. The minimum atomic E-state index is -4.89. The van der Waals surface area contributed by atoms with Gasteiger partial charge in [0.1, 0.15) is 17.1 Å². The number of amides is 4. The summed E-state index contributed by atoms with van der Waals surface area (Å²) in [6.07, 6.45) is -8.31. The first-order valence-corrected chi connectivity index (χ1v) is 18.2. The van der Waals surface area contributed by atoms with Crippen LogP contribution in [0.15, 0.2) is 72.3 Å². The molecule has 296 valence electrons. The van der Waals surface area contributed by atoms with Gasteiger partial charge in [0.05, 0.1) is 33.7 Å². The number of phenolic OH excluding ortho intramolecular Hbond substituents is 1. The Labute approximate surface area is 329 Å². The van der Waals surface area contributed by atoms with E-state index in [2.05, 4.69) is 9.97 Å². The number of benzene rings is 2. The number of allylic oxidation sites excluding steroid dienone is 2. The Kier molecular flexibility index (Phi) is 8.99. The van der Waals surface area contributed by atoms with Gasteiger partial charge in [-0.1, -0.05) is 65.2 Å². The molecular weight excluding hydrogens is 805 g/mol. The van der Waals surface area contributed by atoms with Crippen LogP contribution >= 0.6 is 23.2 Å². The molecule has 8 rings (SSSR count). The first-order valence-electron chi connectivity index (χ1n) is 17.4. The summed E-state index contributed by atoms with van der Waals surface area (Å²) in [5.74, 6) is -11.3. The zero-order valence-corrected chi connectivity index (χ0v) is 31.0. The second kappa shape index (κ2) is 13.3. The fourth-order valence-corrected chi connectivity index (χ4v) is 9.36. The number of rotatable bonds is 5. The maximum Gasteiger partial charge on any atom is 0.433 e. The molecule has 4 aromatic rings. The van der Waals surface area contributed by atoms with E-state index in [-0.39, 0.29) is 34.2 Å². The minimum absolute atomic E-state index is 0.0515. The Hall–Kier alpha value is -5.42. The number of aromatic nitrogens is 2. The van der Waals surface area contributed by atoms with Gasteiger partial charge in [-0.05, 0) is 59.9 Å². The molecule has 19 heteroatoms. The third kappa shape index (κ3) is 5.96. The smallest absolute Gasteiger partial charge is 0.433 e. The van der Waals surface area contributed by atoms with Crippen molar-refractivity contribution in [2.45, 2.75) is 31.1 Å². The molecule has 1 saturated carbocycles. The average molecular weight is 834 g/mol. The maximum absolute atomic E-state index is 14.7. The van der Waals surface area contributed by atoms with Gasteiger partial charge in [-0.3, -0.25) is 29.2 Å². The van der Waals surface area contributed by atoms with Crippen LogP contribution in [0, 0.1) is 29.6 Å². The van der Waals surface area contributed by atoms with Gasteiger partial charge in [0.25, 0.3) is 23.6 Å². The SMILES string of the molecule is CN(c1nc(C(F)(F)F)ccc1Cl)N1C(=O)[C@H]2[C@H](CC=C3[C@H]2C[C@H]2C(=O)N(N(C)c4nc(C(F)(F)F)ccc4Cl)C(=O)[C@H]2[C@H]3c2c(O)ccc3ccccc23)C1=O. The lowest BCUT2D eigenvalue weighted by molar-refractivity contribution is -0.143. The molecule has 2 aliphatic heterocycles. The van der Waals surface area contributed by atoms with Crippen LogP contribution in [0.4, 0.5) is 38.0 Å². The van der Waals surface area contributed by atoms with E-state index in [9.17, 15) is 50.6 Å². The molecule has 0 radical (unpaired) electrons. The molecule has 1 N–H and O–H groups in total. The molecule has 3 fully saturated rings. The summed E-state index contributed by atoms with van der Waals surface area (Å²) < 4.78 is 82.1. The maximum atomic E-state index is 14.7. The number of carbonyl (C=O) groups excluding carboxylic acids is 4. The lowest BCUT2D eigenvalue weighted by Gasteiger charge is -2.44. The number of anilines is 2. The van der Waals surface area contributed by atoms with Crippen LogP contribution < -0.4 is 10.0 Å². The number of hydrogen-bond donors (Lipinski definition) is 1. The number of halogens is 8. The third-order valence-electron chi connectivity index (χ3n) is 11.3. The second-order valence-electron chi connectivity index (χ2n) is 14.3. The molecule has 57 heavy (non-hydrogen) atoms. The van der Waals surface area contributed by atoms with Gasteiger partial charge in [0.15, 0.2) is 11.6 Å². The fraction of sp³-hybridized carbons (Fsp3) is 0.316. The number of pyridine rings is 2. The van der Waals surface area contributed by atoms with E-state index in [0.717, 1.165) is 29.2 Å². The molecular formula is C38H28Cl2F6N6O5. The van der Waals surface area contributed by atoms with Crippen LogP contribution in [-0.2, 0) is 31.5 Å². The molecule has 0 unspecified atom stereocenters. The van der Waals surface area contributed by atoms with Crippen LogP contribution in [0.25, 0.3) is 10.8 Å². The van der Waals surface area contributed by atoms with Gasteiger partial charge in [0.2, 0.25) is 0 Å². The van der Waals surface area contributed by atoms with Crippen molar-refractivity contribution < 1.29 is 50.6 Å². The minimum Gasteiger partial charge on any atom is -0.508 e. The van der Waals surface area contributed by atoms with Crippen molar-refractivity contribution in [3.8, 4) is 5.75 Å².